The zero-order valence-electron chi connectivity index (χ0n) is 30.9. The molecule has 1 saturated heterocycles. The number of aromatic nitrogens is 3. The van der Waals surface area contributed by atoms with Gasteiger partial charge in [0.15, 0.2) is 0 Å². The number of allylic oxidation sites excluding steroid dienone is 1. The van der Waals surface area contributed by atoms with Crippen molar-refractivity contribution in [1.29, 1.82) is 0 Å². The van der Waals surface area contributed by atoms with E-state index < -0.39 is 17.4 Å². The highest BCUT2D eigenvalue weighted by molar-refractivity contribution is 6.31. The maximum atomic E-state index is 13.4. The molecular weight excluding hydrogens is 647 g/mol. The van der Waals surface area contributed by atoms with Crippen LogP contribution in [0.1, 0.15) is 114 Å². The molecule has 1 aromatic rings. The molecule has 10 heteroatoms. The fourth-order valence-corrected chi connectivity index (χ4v) is 12.5. The van der Waals surface area contributed by atoms with Gasteiger partial charge >= 0.3 is 5.97 Å². The van der Waals surface area contributed by atoms with Crippen LogP contribution in [0.25, 0.3) is 0 Å². The third-order valence-corrected chi connectivity index (χ3v) is 16.3. The zero-order valence-corrected chi connectivity index (χ0v) is 32.4. The summed E-state index contributed by atoms with van der Waals surface area (Å²) in [4.78, 5) is 17.7. The van der Waals surface area contributed by atoms with Crippen molar-refractivity contribution in [2.24, 2.45) is 68.3 Å². The van der Waals surface area contributed by atoms with Gasteiger partial charge < -0.3 is 20.3 Å². The minimum Gasteiger partial charge on any atom is -0.481 e. The van der Waals surface area contributed by atoms with Crippen molar-refractivity contribution >= 4 is 29.2 Å². The Kier molecular flexibility index (Phi) is 9.10. The van der Waals surface area contributed by atoms with Gasteiger partial charge in [0.25, 0.3) is 0 Å². The summed E-state index contributed by atoms with van der Waals surface area (Å²) >= 11 is 13.1. The summed E-state index contributed by atoms with van der Waals surface area (Å²) in [5, 5.41) is 16.0. The lowest BCUT2D eigenvalue weighted by molar-refractivity contribution is -0.252. The summed E-state index contributed by atoms with van der Waals surface area (Å²) in [5.41, 5.74) is 6.29. The van der Waals surface area contributed by atoms with E-state index >= 15 is 0 Å². The van der Waals surface area contributed by atoms with Gasteiger partial charge in [-0.1, -0.05) is 74.0 Å². The molecule has 3 saturated carbocycles. The molecule has 5 aliphatic rings. The molecule has 1 aromatic heterocycles. The van der Waals surface area contributed by atoms with Crippen molar-refractivity contribution in [1.82, 2.24) is 14.8 Å². The Bertz CT molecular complexity index is 1460. The molecule has 0 aromatic carbocycles. The monoisotopic (exact) mass is 706 g/mol. The van der Waals surface area contributed by atoms with Crippen molar-refractivity contribution in [3.8, 4) is 0 Å². The van der Waals surface area contributed by atoms with E-state index in [0.717, 1.165) is 38.5 Å². The molecule has 0 amide bonds. The number of carboxylic acid groups (broad SMARTS) is 1. The Hall–Kier alpha value is -1.19. The second kappa shape index (κ2) is 11.9. The largest absolute Gasteiger partial charge is 0.481 e. The molecule has 48 heavy (non-hydrogen) atoms. The first-order chi connectivity index (χ1) is 22.2. The predicted octanol–water partition coefficient (Wildman–Crippen LogP) is 8.47. The number of carbonyl (C=O) groups is 1. The second-order valence-corrected chi connectivity index (χ2v) is 19.3. The lowest BCUT2D eigenvalue weighted by Crippen LogP contribution is -2.69. The molecule has 12 atom stereocenters. The van der Waals surface area contributed by atoms with Crippen molar-refractivity contribution in [2.75, 3.05) is 19.8 Å². The SMILES string of the molecule is CC(C)[C@@H](C)[C@@]1(C)CC[C@]2(C)[C@H]3CC[C@@H]4[C@@]5(COC[C@@]4(C)[C@@H](OC[C@](C)(N)C(C)C)[C@H](n4nc(Cl)nc4Cl)C5)C3=CC[C@@]2(C)[C@@H]1C(=O)O. The van der Waals surface area contributed by atoms with E-state index in [0.29, 0.717) is 37.6 Å². The first-order valence-corrected chi connectivity index (χ1v) is 19.1. The number of aliphatic carboxylic acids is 1. The highest BCUT2D eigenvalue weighted by Crippen LogP contribution is 2.75. The number of hydrogen-bond donors (Lipinski definition) is 2. The lowest BCUT2D eigenvalue weighted by Gasteiger charge is -2.71. The lowest BCUT2D eigenvalue weighted by atomic mass is 9.34. The fourth-order valence-electron chi connectivity index (χ4n) is 12.0. The quantitative estimate of drug-likeness (QED) is 0.261. The topological polar surface area (TPSA) is 112 Å². The fraction of sp³-hybridized carbons (Fsp3) is 0.868. The molecule has 1 aliphatic heterocycles. The summed E-state index contributed by atoms with van der Waals surface area (Å²) in [7, 11) is 0. The molecule has 4 aliphatic carbocycles. The number of hydrogen-bond acceptors (Lipinski definition) is 6. The van der Waals surface area contributed by atoms with Gasteiger partial charge in [-0.15, -0.1) is 5.10 Å². The Labute approximate surface area is 298 Å². The first-order valence-electron chi connectivity index (χ1n) is 18.4. The van der Waals surface area contributed by atoms with Crippen LogP contribution in [0.2, 0.25) is 10.6 Å². The number of ether oxygens (including phenoxy) is 2. The molecule has 3 N–H and O–H groups in total. The molecule has 0 unspecified atom stereocenters. The molecule has 6 rings (SSSR count). The Morgan fingerprint density at radius 2 is 1.81 bits per heavy atom. The average molecular weight is 708 g/mol. The smallest absolute Gasteiger partial charge is 0.307 e. The zero-order chi connectivity index (χ0) is 35.4. The third-order valence-electron chi connectivity index (χ3n) is 15.9. The van der Waals surface area contributed by atoms with Crippen molar-refractivity contribution in [2.45, 2.75) is 125 Å². The summed E-state index contributed by atoms with van der Waals surface area (Å²) in [5.74, 6) is 0.457. The van der Waals surface area contributed by atoms with Crippen LogP contribution in [-0.2, 0) is 14.3 Å². The number of carboxylic acids is 1. The highest BCUT2D eigenvalue weighted by atomic mass is 35.5. The normalized spacial score (nSPS) is 44.3. The molecule has 4 fully saturated rings. The van der Waals surface area contributed by atoms with Crippen molar-refractivity contribution in [3.05, 3.63) is 22.2 Å². The number of nitrogens with two attached hydrogens (primary N) is 1. The number of rotatable bonds is 8. The Morgan fingerprint density at radius 3 is 2.40 bits per heavy atom. The van der Waals surface area contributed by atoms with Gasteiger partial charge in [0.05, 0.1) is 37.9 Å². The van der Waals surface area contributed by atoms with Crippen LogP contribution in [0.5, 0.6) is 0 Å². The van der Waals surface area contributed by atoms with E-state index in [1.165, 1.54) is 5.57 Å². The minimum atomic E-state index is -0.639. The number of halogens is 2. The second-order valence-electron chi connectivity index (χ2n) is 18.6. The summed E-state index contributed by atoms with van der Waals surface area (Å²) in [6, 6.07) is -0.223. The van der Waals surface area contributed by atoms with E-state index in [2.05, 4.69) is 85.4 Å². The molecule has 2 heterocycles. The van der Waals surface area contributed by atoms with Crippen LogP contribution in [0.4, 0.5) is 0 Å². The minimum absolute atomic E-state index is 0.123. The molecule has 8 nitrogen and oxygen atoms in total. The van der Waals surface area contributed by atoms with Gasteiger partial charge in [0.2, 0.25) is 10.6 Å². The maximum Gasteiger partial charge on any atom is 0.307 e. The number of fused-ring (bicyclic) bond motifs is 3. The van der Waals surface area contributed by atoms with Gasteiger partial charge in [-0.05, 0) is 114 Å². The van der Waals surface area contributed by atoms with Gasteiger partial charge in [0, 0.05) is 16.4 Å². The standard InChI is InChI=1S/C38H60Cl2N4O4/c1-21(2)23(5)33(6)15-16-35(8)24-11-12-27-34(7)18-47-20-38(27,25(24)13-14-36(35,9)28(33)30(45)46)17-26(44-32(40)42-31(39)43-44)29(34)48-19-37(10,41)22(3)4/h13,21-24,26-29H,11-12,14-20,41H2,1-10H3,(H,45,46)/t23-,24+,26-,27+,28-,29+,33-,34-,35-,36+,37+,38+/m1/s1. The van der Waals surface area contributed by atoms with Crippen LogP contribution in [-0.4, -0.2) is 57.3 Å². The van der Waals surface area contributed by atoms with Crippen LogP contribution in [0, 0.1) is 62.6 Å². The molecule has 2 bridgehead atoms. The van der Waals surface area contributed by atoms with Gasteiger partial charge in [-0.2, -0.15) is 4.98 Å². The highest BCUT2D eigenvalue weighted by Gasteiger charge is 2.72. The van der Waals surface area contributed by atoms with E-state index in [4.69, 9.17) is 38.4 Å². The van der Waals surface area contributed by atoms with Crippen LogP contribution in [0.3, 0.4) is 0 Å². The summed E-state index contributed by atoms with van der Waals surface area (Å²) in [6.07, 6.45) is 7.70. The summed E-state index contributed by atoms with van der Waals surface area (Å²) in [6.45, 7) is 24.0. The van der Waals surface area contributed by atoms with E-state index in [1.807, 2.05) is 0 Å². The van der Waals surface area contributed by atoms with Crippen LogP contribution in [0.15, 0.2) is 11.6 Å². The Morgan fingerprint density at radius 1 is 1.12 bits per heavy atom. The van der Waals surface area contributed by atoms with Crippen molar-refractivity contribution < 1.29 is 19.4 Å². The molecule has 270 valence electrons. The van der Waals surface area contributed by atoms with Crippen LogP contribution >= 0.6 is 23.2 Å². The van der Waals surface area contributed by atoms with Crippen molar-refractivity contribution in [3.63, 3.8) is 0 Å². The Balaban J connectivity index is 1.46. The predicted molar refractivity (Wildman–Crippen MR) is 190 cm³/mol. The summed E-state index contributed by atoms with van der Waals surface area (Å²) < 4.78 is 15.4. The van der Waals surface area contributed by atoms with Gasteiger partial charge in [0.1, 0.15) is 0 Å². The van der Waals surface area contributed by atoms with Gasteiger partial charge in [-0.25, -0.2) is 4.68 Å². The first kappa shape index (κ1) is 36.6. The van der Waals surface area contributed by atoms with E-state index in [-0.39, 0.29) is 61.6 Å². The van der Waals surface area contributed by atoms with Crippen LogP contribution < -0.4 is 5.73 Å². The average Bonchev–Trinajstić information content (AvgIpc) is 3.33. The van der Waals surface area contributed by atoms with E-state index in [1.54, 1.807) is 4.68 Å². The molecule has 0 radical (unpaired) electrons. The number of nitrogens with zero attached hydrogens (tertiary/aromatic N) is 3. The molecular formula is C38H60Cl2N4O4. The van der Waals surface area contributed by atoms with E-state index in [9.17, 15) is 9.90 Å². The van der Waals surface area contributed by atoms with Gasteiger partial charge in [-0.3, -0.25) is 4.79 Å². The third kappa shape index (κ3) is 5.03. The maximum absolute atomic E-state index is 13.4. The molecule has 0 spiro atoms.